The van der Waals surface area contributed by atoms with Gasteiger partial charge in [0, 0.05) is 6.07 Å². The lowest BCUT2D eigenvalue weighted by Gasteiger charge is -2.12. The highest BCUT2D eigenvalue weighted by Gasteiger charge is 2.35. The van der Waals surface area contributed by atoms with E-state index in [2.05, 4.69) is 19.9 Å². The molecule has 0 unspecified atom stereocenters. The summed E-state index contributed by atoms with van der Waals surface area (Å²) in [7, 11) is 0. The zero-order valence-electron chi connectivity index (χ0n) is 21.5. The van der Waals surface area contributed by atoms with Crippen molar-refractivity contribution in [2.24, 2.45) is 0 Å². The van der Waals surface area contributed by atoms with Crippen molar-refractivity contribution >= 4 is 0 Å². The number of ether oxygens (including phenoxy) is 4. The van der Waals surface area contributed by atoms with Crippen LogP contribution < -0.4 is 18.9 Å². The minimum Gasteiger partial charge on any atom is -0.439 e. The van der Waals surface area contributed by atoms with E-state index in [1.807, 2.05) is 0 Å². The molecule has 226 valence electrons. The third kappa shape index (κ3) is 7.45. The number of aromatic nitrogens is 4. The second kappa shape index (κ2) is 12.0. The first-order valence-electron chi connectivity index (χ1n) is 12.0. The Labute approximate surface area is 241 Å². The topological polar surface area (TPSA) is 88.5 Å². The highest BCUT2D eigenvalue weighted by atomic mass is 19.4. The second-order valence-electron chi connectivity index (χ2n) is 8.55. The first kappa shape index (κ1) is 29.9. The van der Waals surface area contributed by atoms with Gasteiger partial charge in [-0.3, -0.25) is 0 Å². The van der Waals surface area contributed by atoms with Gasteiger partial charge in [-0.15, -0.1) is 0 Å². The minimum absolute atomic E-state index is 0.0689. The van der Waals surface area contributed by atoms with Crippen molar-refractivity contribution in [2.45, 2.75) is 12.4 Å². The average Bonchev–Trinajstić information content (AvgIpc) is 2.95. The molecule has 0 amide bonds. The van der Waals surface area contributed by atoms with Crippen molar-refractivity contribution in [3.8, 4) is 46.5 Å². The van der Waals surface area contributed by atoms with Gasteiger partial charge in [0.25, 0.3) is 0 Å². The van der Waals surface area contributed by atoms with Gasteiger partial charge in [0.1, 0.15) is 47.3 Å². The molecule has 0 aliphatic heterocycles. The van der Waals surface area contributed by atoms with Gasteiger partial charge in [0.15, 0.2) is 0 Å². The second-order valence-corrected chi connectivity index (χ2v) is 8.55. The van der Waals surface area contributed by atoms with Crippen molar-refractivity contribution in [1.29, 1.82) is 0 Å². The summed E-state index contributed by atoms with van der Waals surface area (Å²) in [6.07, 6.45) is -7.80. The summed E-state index contributed by atoms with van der Waals surface area (Å²) < 4.78 is 127. The van der Waals surface area contributed by atoms with Crippen LogP contribution in [0.4, 0.5) is 35.1 Å². The van der Waals surface area contributed by atoms with Crippen LogP contribution in [-0.2, 0) is 12.4 Å². The van der Waals surface area contributed by atoms with Gasteiger partial charge in [0.2, 0.25) is 23.5 Å². The van der Waals surface area contributed by atoms with Crippen LogP contribution in [0.1, 0.15) is 11.1 Å². The lowest BCUT2D eigenvalue weighted by atomic mass is 10.2. The summed E-state index contributed by atoms with van der Waals surface area (Å²) in [5.74, 6) is -3.73. The molecule has 0 aliphatic rings. The van der Waals surface area contributed by atoms with Gasteiger partial charge in [-0.2, -0.15) is 26.3 Å². The number of hydrogen-bond donors (Lipinski definition) is 0. The Hall–Kier alpha value is -5.54. The number of rotatable bonds is 8. The molecule has 0 radical (unpaired) electrons. The Morgan fingerprint density at radius 2 is 0.773 bits per heavy atom. The number of hydrogen-bond acceptors (Lipinski definition) is 8. The SMILES string of the molecule is Fc1ccc(Oc2cc(Oc3cccc(Oc4cc(Oc5ccc(F)c(C(F)(F)F)c5)ncn4)c3)ncn2)cc1C(F)(F)F. The first-order valence-corrected chi connectivity index (χ1v) is 12.0. The van der Waals surface area contributed by atoms with E-state index >= 15 is 0 Å². The normalized spacial score (nSPS) is 11.6. The Kier molecular flexibility index (Phi) is 8.15. The lowest BCUT2D eigenvalue weighted by molar-refractivity contribution is -0.140. The highest BCUT2D eigenvalue weighted by Crippen LogP contribution is 2.37. The van der Waals surface area contributed by atoms with Gasteiger partial charge in [-0.05, 0) is 48.5 Å². The van der Waals surface area contributed by atoms with Crippen LogP contribution in [0.2, 0.25) is 0 Å². The maximum absolute atomic E-state index is 13.6. The minimum atomic E-state index is -4.93. The van der Waals surface area contributed by atoms with Crippen molar-refractivity contribution in [1.82, 2.24) is 19.9 Å². The molecule has 0 saturated carbocycles. The summed E-state index contributed by atoms with van der Waals surface area (Å²) in [6, 6.07) is 12.5. The Morgan fingerprint density at radius 1 is 0.432 bits per heavy atom. The van der Waals surface area contributed by atoms with E-state index in [-0.39, 0.29) is 46.5 Å². The van der Waals surface area contributed by atoms with E-state index in [0.717, 1.165) is 24.8 Å². The highest BCUT2D eigenvalue weighted by molar-refractivity contribution is 5.40. The first-order chi connectivity index (χ1) is 20.8. The zero-order valence-corrected chi connectivity index (χ0v) is 21.5. The van der Waals surface area contributed by atoms with Crippen molar-refractivity contribution in [2.75, 3.05) is 0 Å². The number of nitrogens with zero attached hydrogens (tertiary/aromatic N) is 4. The predicted molar refractivity (Wildman–Crippen MR) is 134 cm³/mol. The van der Waals surface area contributed by atoms with Crippen molar-refractivity contribution < 1.29 is 54.1 Å². The molecule has 3 aromatic carbocycles. The molecule has 16 heteroatoms. The fourth-order valence-electron chi connectivity index (χ4n) is 3.52. The monoisotopic (exact) mass is 622 g/mol. The average molecular weight is 622 g/mol. The smallest absolute Gasteiger partial charge is 0.419 e. The summed E-state index contributed by atoms with van der Waals surface area (Å²) in [5, 5.41) is 0. The predicted octanol–water partition coefficient (Wildman–Crippen LogP) is 8.75. The molecule has 5 rings (SSSR count). The molecule has 0 saturated heterocycles. The van der Waals surface area contributed by atoms with E-state index in [9.17, 15) is 35.1 Å². The van der Waals surface area contributed by atoms with Crippen molar-refractivity contribution in [3.63, 3.8) is 0 Å². The quantitative estimate of drug-likeness (QED) is 0.159. The fraction of sp³-hybridized carbons (Fsp3) is 0.0714. The third-order valence-corrected chi connectivity index (χ3v) is 5.42. The molecule has 0 aliphatic carbocycles. The Bertz CT molecular complexity index is 1670. The third-order valence-electron chi connectivity index (χ3n) is 5.42. The summed E-state index contributed by atoms with van der Waals surface area (Å²) in [5.41, 5.74) is -3.02. The van der Waals surface area contributed by atoms with Gasteiger partial charge in [0.05, 0.1) is 23.3 Å². The van der Waals surface area contributed by atoms with Crippen LogP contribution in [0.5, 0.6) is 46.5 Å². The van der Waals surface area contributed by atoms with E-state index in [4.69, 9.17) is 18.9 Å². The maximum atomic E-state index is 13.6. The van der Waals surface area contributed by atoms with E-state index < -0.39 is 35.1 Å². The van der Waals surface area contributed by atoms with Gasteiger partial charge in [-0.25, -0.2) is 28.7 Å². The molecule has 44 heavy (non-hydrogen) atoms. The Morgan fingerprint density at radius 3 is 1.11 bits per heavy atom. The molecule has 0 spiro atoms. The van der Waals surface area contributed by atoms with Gasteiger partial charge >= 0.3 is 12.4 Å². The van der Waals surface area contributed by atoms with Crippen LogP contribution in [0.25, 0.3) is 0 Å². The molecule has 5 aromatic rings. The molecular weight excluding hydrogens is 608 g/mol. The molecule has 8 nitrogen and oxygen atoms in total. The standard InChI is InChI=1S/C28H14F8N4O4/c29-21-6-4-17(9-19(21)27(31,32)33)43-25-11-23(37-13-39-25)41-15-2-1-3-16(8-15)42-24-12-26(40-14-38-24)44-18-5-7-22(30)20(10-18)28(34,35)36/h1-14H. The van der Waals surface area contributed by atoms with Gasteiger partial charge in [-0.1, -0.05) is 6.07 Å². The molecular formula is C28H14F8N4O4. The molecule has 0 atom stereocenters. The molecule has 2 aromatic heterocycles. The van der Waals surface area contributed by atoms with E-state index in [1.165, 1.54) is 36.4 Å². The van der Waals surface area contributed by atoms with Crippen molar-refractivity contribution in [3.05, 3.63) is 108 Å². The molecule has 0 fully saturated rings. The summed E-state index contributed by atoms with van der Waals surface area (Å²) >= 11 is 0. The van der Waals surface area contributed by atoms with Crippen LogP contribution >= 0.6 is 0 Å². The number of halogens is 8. The summed E-state index contributed by atoms with van der Waals surface area (Å²) in [6.45, 7) is 0. The summed E-state index contributed by atoms with van der Waals surface area (Å²) in [4.78, 5) is 15.4. The molecule has 2 heterocycles. The van der Waals surface area contributed by atoms with Gasteiger partial charge < -0.3 is 18.9 Å². The molecule has 0 bridgehead atoms. The lowest BCUT2D eigenvalue weighted by Crippen LogP contribution is -2.08. The Balaban J connectivity index is 1.27. The van der Waals surface area contributed by atoms with Crippen LogP contribution in [-0.4, -0.2) is 19.9 Å². The molecule has 0 N–H and O–H groups in total. The fourth-order valence-corrected chi connectivity index (χ4v) is 3.52. The van der Waals surface area contributed by atoms with Crippen LogP contribution in [0.15, 0.2) is 85.5 Å². The number of benzene rings is 3. The maximum Gasteiger partial charge on any atom is 0.419 e. The van der Waals surface area contributed by atoms with E-state index in [1.54, 1.807) is 0 Å². The zero-order chi connectivity index (χ0) is 31.5. The van der Waals surface area contributed by atoms with E-state index in [0.29, 0.717) is 24.3 Å². The van der Waals surface area contributed by atoms with Crippen LogP contribution in [0.3, 0.4) is 0 Å². The number of alkyl halides is 6. The largest absolute Gasteiger partial charge is 0.439 e. The van der Waals surface area contributed by atoms with Crippen LogP contribution in [0, 0.1) is 11.6 Å².